The van der Waals surface area contributed by atoms with Crippen LogP contribution in [0, 0.1) is 6.92 Å². The van der Waals surface area contributed by atoms with Crippen LogP contribution in [-0.4, -0.2) is 63.3 Å². The van der Waals surface area contributed by atoms with Gasteiger partial charge in [-0.05, 0) is 24.6 Å². The van der Waals surface area contributed by atoms with Gasteiger partial charge in [-0.1, -0.05) is 12.1 Å². The van der Waals surface area contributed by atoms with Gasteiger partial charge >= 0.3 is 0 Å². The Kier molecular flexibility index (Phi) is 5.15. The topological polar surface area (TPSA) is 86.8 Å². The van der Waals surface area contributed by atoms with Crippen LogP contribution in [0.4, 0.5) is 0 Å². The van der Waals surface area contributed by atoms with Crippen LogP contribution in [0.3, 0.4) is 0 Å². The van der Waals surface area contributed by atoms with Crippen molar-refractivity contribution < 1.29 is 18.0 Å². The van der Waals surface area contributed by atoms with Crippen molar-refractivity contribution in [1.82, 2.24) is 14.5 Å². The first kappa shape index (κ1) is 16.4. The summed E-state index contributed by atoms with van der Waals surface area (Å²) >= 11 is 0. The molecule has 0 aromatic heterocycles. The Morgan fingerprint density at radius 3 is 2.55 bits per heavy atom. The third-order valence-corrected chi connectivity index (χ3v) is 4.93. The van der Waals surface area contributed by atoms with E-state index in [2.05, 4.69) is 4.72 Å². The third-order valence-electron chi connectivity index (χ3n) is 3.53. The van der Waals surface area contributed by atoms with Crippen LogP contribution in [0.1, 0.15) is 5.56 Å². The summed E-state index contributed by atoms with van der Waals surface area (Å²) in [5, 5.41) is 0. The lowest BCUT2D eigenvalue weighted by atomic mass is 10.2. The van der Waals surface area contributed by atoms with Crippen molar-refractivity contribution in [2.24, 2.45) is 0 Å². The van der Waals surface area contributed by atoms with Gasteiger partial charge in [-0.2, -0.15) is 0 Å². The number of hydrogen-bond acceptors (Lipinski definition) is 4. The van der Waals surface area contributed by atoms with Gasteiger partial charge in [0, 0.05) is 26.2 Å². The van der Waals surface area contributed by atoms with E-state index in [0.29, 0.717) is 26.2 Å². The Labute approximate surface area is 129 Å². The number of nitrogens with zero attached hydrogens (tertiary/aromatic N) is 2. The van der Waals surface area contributed by atoms with E-state index in [1.54, 1.807) is 34.9 Å². The Morgan fingerprint density at radius 1 is 1.27 bits per heavy atom. The zero-order chi connectivity index (χ0) is 16.2. The maximum absolute atomic E-state index is 12.1. The molecule has 1 saturated heterocycles. The van der Waals surface area contributed by atoms with E-state index < -0.39 is 10.0 Å². The highest BCUT2D eigenvalue weighted by molar-refractivity contribution is 7.89. The van der Waals surface area contributed by atoms with Crippen LogP contribution in [0.2, 0.25) is 0 Å². The summed E-state index contributed by atoms with van der Waals surface area (Å²) < 4.78 is 26.6. The van der Waals surface area contributed by atoms with Crippen molar-refractivity contribution in [3.05, 3.63) is 29.8 Å². The number of hydrogen-bond donors (Lipinski definition) is 1. The fourth-order valence-corrected chi connectivity index (χ4v) is 3.29. The van der Waals surface area contributed by atoms with Gasteiger partial charge in [-0.15, -0.1) is 0 Å². The second kappa shape index (κ2) is 6.89. The molecule has 2 rings (SSSR count). The second-order valence-electron chi connectivity index (χ2n) is 5.16. The summed E-state index contributed by atoms with van der Waals surface area (Å²) in [6.45, 7) is 3.31. The summed E-state index contributed by atoms with van der Waals surface area (Å²) in [6.07, 6.45) is 0.752. The van der Waals surface area contributed by atoms with Crippen LogP contribution in [-0.2, 0) is 19.6 Å². The first-order valence-electron chi connectivity index (χ1n) is 6.96. The maximum atomic E-state index is 12.1. The normalized spacial score (nSPS) is 15.7. The average Bonchev–Trinajstić information content (AvgIpc) is 2.53. The molecule has 1 aromatic carbocycles. The molecule has 1 aromatic rings. The van der Waals surface area contributed by atoms with Crippen molar-refractivity contribution in [2.75, 3.05) is 32.7 Å². The fraction of sp³-hybridized carbons (Fsp3) is 0.429. The van der Waals surface area contributed by atoms with Crippen LogP contribution in [0.15, 0.2) is 29.2 Å². The number of benzene rings is 1. The lowest BCUT2D eigenvalue weighted by molar-refractivity contribution is -0.134. The SMILES string of the molecule is Cc1cccc(S(=O)(=O)NCC(=O)N2CCN(C=O)CC2)c1. The predicted molar refractivity (Wildman–Crippen MR) is 80.6 cm³/mol. The highest BCUT2D eigenvalue weighted by atomic mass is 32.2. The van der Waals surface area contributed by atoms with Crippen molar-refractivity contribution >= 4 is 22.3 Å². The number of rotatable bonds is 5. The lowest BCUT2D eigenvalue weighted by Crippen LogP contribution is -2.50. The van der Waals surface area contributed by atoms with E-state index in [1.165, 1.54) is 6.07 Å². The van der Waals surface area contributed by atoms with E-state index in [4.69, 9.17) is 0 Å². The minimum atomic E-state index is -3.70. The van der Waals surface area contributed by atoms with Crippen molar-refractivity contribution in [2.45, 2.75) is 11.8 Å². The summed E-state index contributed by atoms with van der Waals surface area (Å²) in [5.74, 6) is -0.290. The molecular formula is C14H19N3O4S. The van der Waals surface area contributed by atoms with Crippen LogP contribution >= 0.6 is 0 Å². The van der Waals surface area contributed by atoms with Crippen molar-refractivity contribution in [3.8, 4) is 0 Å². The van der Waals surface area contributed by atoms with E-state index >= 15 is 0 Å². The molecule has 1 aliphatic rings. The maximum Gasteiger partial charge on any atom is 0.241 e. The molecule has 0 atom stereocenters. The fourth-order valence-electron chi connectivity index (χ4n) is 2.21. The zero-order valence-electron chi connectivity index (χ0n) is 12.4. The molecule has 1 heterocycles. The lowest BCUT2D eigenvalue weighted by Gasteiger charge is -2.32. The van der Waals surface area contributed by atoms with Gasteiger partial charge in [0.1, 0.15) is 0 Å². The second-order valence-corrected chi connectivity index (χ2v) is 6.93. The molecule has 7 nitrogen and oxygen atoms in total. The first-order chi connectivity index (χ1) is 10.4. The molecular weight excluding hydrogens is 306 g/mol. The molecule has 0 unspecified atom stereocenters. The third kappa shape index (κ3) is 4.05. The largest absolute Gasteiger partial charge is 0.342 e. The number of nitrogens with one attached hydrogen (secondary N) is 1. The molecule has 8 heteroatoms. The number of amides is 2. The van der Waals surface area contributed by atoms with E-state index in [1.807, 2.05) is 0 Å². The zero-order valence-corrected chi connectivity index (χ0v) is 13.2. The molecule has 0 aliphatic carbocycles. The molecule has 22 heavy (non-hydrogen) atoms. The van der Waals surface area contributed by atoms with E-state index in [0.717, 1.165) is 12.0 Å². The molecule has 2 amide bonds. The van der Waals surface area contributed by atoms with Crippen molar-refractivity contribution in [1.29, 1.82) is 0 Å². The van der Waals surface area contributed by atoms with Crippen LogP contribution in [0.25, 0.3) is 0 Å². The first-order valence-corrected chi connectivity index (χ1v) is 8.44. The molecule has 120 valence electrons. The van der Waals surface area contributed by atoms with E-state index in [9.17, 15) is 18.0 Å². The van der Waals surface area contributed by atoms with Gasteiger partial charge in [-0.3, -0.25) is 9.59 Å². The van der Waals surface area contributed by atoms with Gasteiger partial charge in [0.15, 0.2) is 0 Å². The average molecular weight is 325 g/mol. The molecule has 0 bridgehead atoms. The molecule has 0 saturated carbocycles. The molecule has 0 radical (unpaired) electrons. The number of aryl methyl sites for hydroxylation is 1. The Morgan fingerprint density at radius 2 is 1.95 bits per heavy atom. The predicted octanol–water partition coefficient (Wildman–Crippen LogP) is -0.426. The number of piperazine rings is 1. The molecule has 1 fully saturated rings. The quantitative estimate of drug-likeness (QED) is 0.745. The molecule has 1 N–H and O–H groups in total. The van der Waals surface area contributed by atoms with Gasteiger partial charge < -0.3 is 9.80 Å². The minimum Gasteiger partial charge on any atom is -0.342 e. The molecule has 0 spiro atoms. The molecule has 1 aliphatic heterocycles. The summed E-state index contributed by atoms with van der Waals surface area (Å²) in [5.41, 5.74) is 0.833. The Balaban J connectivity index is 1.92. The van der Waals surface area contributed by atoms with Gasteiger partial charge in [0.2, 0.25) is 22.3 Å². The standard InChI is InChI=1S/C14H19N3O4S/c1-12-3-2-4-13(9-12)22(20,21)15-10-14(19)17-7-5-16(11-18)6-8-17/h2-4,9,11,15H,5-8,10H2,1H3. The smallest absolute Gasteiger partial charge is 0.241 e. The highest BCUT2D eigenvalue weighted by Gasteiger charge is 2.22. The van der Waals surface area contributed by atoms with Crippen molar-refractivity contribution in [3.63, 3.8) is 0 Å². The monoisotopic (exact) mass is 325 g/mol. The number of carbonyl (C=O) groups is 2. The Hall–Kier alpha value is -1.93. The summed E-state index contributed by atoms with van der Waals surface area (Å²) in [4.78, 5) is 25.9. The summed E-state index contributed by atoms with van der Waals surface area (Å²) in [6, 6.07) is 6.50. The minimum absolute atomic E-state index is 0.145. The van der Waals surface area contributed by atoms with Gasteiger partial charge in [0.05, 0.1) is 11.4 Å². The van der Waals surface area contributed by atoms with Gasteiger partial charge in [0.25, 0.3) is 0 Å². The highest BCUT2D eigenvalue weighted by Crippen LogP contribution is 2.10. The summed E-state index contributed by atoms with van der Waals surface area (Å²) in [7, 11) is -3.70. The number of sulfonamides is 1. The Bertz CT molecular complexity index is 652. The van der Waals surface area contributed by atoms with Gasteiger partial charge in [-0.25, -0.2) is 13.1 Å². The number of carbonyl (C=O) groups excluding carboxylic acids is 2. The van der Waals surface area contributed by atoms with Crippen LogP contribution < -0.4 is 4.72 Å². The van der Waals surface area contributed by atoms with Crippen LogP contribution in [0.5, 0.6) is 0 Å². The van der Waals surface area contributed by atoms with E-state index in [-0.39, 0.29) is 17.3 Å².